The molecule has 0 unspecified atom stereocenters. The van der Waals surface area contributed by atoms with E-state index in [1.165, 1.54) is 13.3 Å². The zero-order valence-electron chi connectivity index (χ0n) is 16.7. The van der Waals surface area contributed by atoms with Gasteiger partial charge in [-0.15, -0.1) is 0 Å². The maximum atomic E-state index is 12.5. The average molecular weight is 412 g/mol. The first-order valence-electron chi connectivity index (χ1n) is 9.55. The molecule has 31 heavy (non-hydrogen) atoms. The van der Waals surface area contributed by atoms with Crippen LogP contribution in [0, 0.1) is 0 Å². The molecule has 0 fully saturated rings. The van der Waals surface area contributed by atoms with Crippen LogP contribution in [0.2, 0.25) is 0 Å². The smallest absolute Gasteiger partial charge is 0.255 e. The van der Waals surface area contributed by atoms with Gasteiger partial charge >= 0.3 is 0 Å². The molecule has 5 N–H and O–H groups in total. The Balaban J connectivity index is 1.53. The fraction of sp³-hybridized carbons (Fsp3) is 0.0435. The number of nitrogens with zero attached hydrogens (tertiary/aromatic N) is 2. The van der Waals surface area contributed by atoms with E-state index in [1.807, 2.05) is 18.2 Å². The topological polar surface area (TPSA) is 122 Å². The lowest BCUT2D eigenvalue weighted by Gasteiger charge is -2.11. The minimum Gasteiger partial charge on any atom is -0.397 e. The van der Waals surface area contributed by atoms with E-state index >= 15 is 0 Å². The number of aromatic nitrogens is 2. The van der Waals surface area contributed by atoms with Crippen molar-refractivity contribution in [1.82, 2.24) is 9.97 Å². The highest BCUT2D eigenvalue weighted by atomic mass is 16.2. The van der Waals surface area contributed by atoms with E-state index < -0.39 is 0 Å². The van der Waals surface area contributed by atoms with Gasteiger partial charge in [0, 0.05) is 29.2 Å². The molecular weight excluding hydrogens is 392 g/mol. The minimum atomic E-state index is -0.253. The number of nitrogens with one attached hydrogen (secondary N) is 3. The van der Waals surface area contributed by atoms with Gasteiger partial charge in [-0.05, 0) is 54.6 Å². The van der Waals surface area contributed by atoms with Crippen molar-refractivity contribution in [2.45, 2.75) is 6.92 Å². The Kier molecular flexibility index (Phi) is 5.44. The molecule has 0 radical (unpaired) electrons. The molecule has 3 aromatic carbocycles. The fourth-order valence-electron chi connectivity index (χ4n) is 3.08. The molecule has 0 aliphatic carbocycles. The summed E-state index contributed by atoms with van der Waals surface area (Å²) in [5.41, 5.74) is 9.59. The van der Waals surface area contributed by atoms with Crippen LogP contribution in [0.4, 0.5) is 28.6 Å². The molecule has 2 amide bonds. The summed E-state index contributed by atoms with van der Waals surface area (Å²) in [6.45, 7) is 1.45. The molecule has 8 heteroatoms. The first-order valence-corrected chi connectivity index (χ1v) is 9.55. The number of nitrogens with two attached hydrogens (primary N) is 1. The average Bonchev–Trinajstić information content (AvgIpc) is 2.76. The summed E-state index contributed by atoms with van der Waals surface area (Å²) in [4.78, 5) is 32.4. The van der Waals surface area contributed by atoms with Crippen molar-refractivity contribution >= 4 is 51.3 Å². The van der Waals surface area contributed by atoms with Gasteiger partial charge in [0.05, 0.1) is 16.9 Å². The number of hydrogen-bond acceptors (Lipinski definition) is 6. The summed E-state index contributed by atoms with van der Waals surface area (Å²) in [6, 6.07) is 19.5. The maximum Gasteiger partial charge on any atom is 0.255 e. The first-order chi connectivity index (χ1) is 15.0. The summed E-state index contributed by atoms with van der Waals surface area (Å²) < 4.78 is 0. The second-order valence-electron chi connectivity index (χ2n) is 6.88. The van der Waals surface area contributed by atoms with Gasteiger partial charge in [-0.1, -0.05) is 12.1 Å². The van der Waals surface area contributed by atoms with Crippen LogP contribution in [0.5, 0.6) is 0 Å². The van der Waals surface area contributed by atoms with Crippen molar-refractivity contribution in [2.75, 3.05) is 21.7 Å². The molecule has 0 saturated heterocycles. The zero-order valence-corrected chi connectivity index (χ0v) is 16.7. The normalized spacial score (nSPS) is 10.5. The molecule has 4 rings (SSSR count). The molecule has 0 aliphatic heterocycles. The van der Waals surface area contributed by atoms with E-state index in [0.29, 0.717) is 28.4 Å². The second kappa shape index (κ2) is 8.50. The van der Waals surface area contributed by atoms with Crippen LogP contribution in [-0.2, 0) is 4.79 Å². The Labute approximate surface area is 178 Å². The van der Waals surface area contributed by atoms with Crippen LogP contribution in [0.25, 0.3) is 10.9 Å². The van der Waals surface area contributed by atoms with E-state index in [2.05, 4.69) is 25.9 Å². The number of anilines is 5. The molecular formula is C23H20N6O2. The van der Waals surface area contributed by atoms with Crippen molar-refractivity contribution < 1.29 is 9.59 Å². The van der Waals surface area contributed by atoms with E-state index in [1.54, 1.807) is 48.5 Å². The lowest BCUT2D eigenvalue weighted by molar-refractivity contribution is -0.114. The predicted octanol–water partition coefficient (Wildman–Crippen LogP) is 4.17. The minimum absolute atomic E-state index is 0.156. The quantitative estimate of drug-likeness (QED) is 0.365. The maximum absolute atomic E-state index is 12.5. The number of carbonyl (C=O) groups is 2. The monoisotopic (exact) mass is 412 g/mol. The number of rotatable bonds is 5. The molecule has 0 spiro atoms. The largest absolute Gasteiger partial charge is 0.397 e. The lowest BCUT2D eigenvalue weighted by Crippen LogP contribution is -2.13. The summed E-state index contributed by atoms with van der Waals surface area (Å²) >= 11 is 0. The van der Waals surface area contributed by atoms with E-state index in [4.69, 9.17) is 5.73 Å². The fourth-order valence-corrected chi connectivity index (χ4v) is 3.08. The van der Waals surface area contributed by atoms with Gasteiger partial charge in [-0.3, -0.25) is 9.59 Å². The molecule has 0 aliphatic rings. The Morgan fingerprint density at radius 1 is 0.871 bits per heavy atom. The Morgan fingerprint density at radius 3 is 2.35 bits per heavy atom. The highest BCUT2D eigenvalue weighted by Gasteiger charge is 2.09. The van der Waals surface area contributed by atoms with Gasteiger partial charge in [-0.2, -0.15) is 0 Å². The van der Waals surface area contributed by atoms with Crippen LogP contribution in [-0.4, -0.2) is 21.8 Å². The van der Waals surface area contributed by atoms with Gasteiger partial charge in [-0.25, -0.2) is 9.97 Å². The second-order valence-corrected chi connectivity index (χ2v) is 6.88. The number of hydrogen-bond donors (Lipinski definition) is 4. The van der Waals surface area contributed by atoms with Crippen molar-refractivity contribution in [3.05, 3.63) is 78.6 Å². The Hall–Kier alpha value is -4.46. The predicted molar refractivity (Wildman–Crippen MR) is 122 cm³/mol. The van der Waals surface area contributed by atoms with Crippen LogP contribution >= 0.6 is 0 Å². The van der Waals surface area contributed by atoms with Gasteiger partial charge in [0.25, 0.3) is 5.91 Å². The van der Waals surface area contributed by atoms with E-state index in [0.717, 1.165) is 16.6 Å². The van der Waals surface area contributed by atoms with Gasteiger partial charge < -0.3 is 21.7 Å². The Morgan fingerprint density at radius 2 is 1.61 bits per heavy atom. The van der Waals surface area contributed by atoms with Gasteiger partial charge in [0.15, 0.2) is 0 Å². The number of benzene rings is 3. The first kappa shape index (κ1) is 19.8. The SMILES string of the molecule is CC(=O)Nc1ccc2ncnc(Nc3ccc(C(=O)Nc4ccccc4N)cc3)c2c1. The molecule has 0 saturated carbocycles. The Bertz CT molecular complexity index is 1270. The molecule has 154 valence electrons. The highest BCUT2D eigenvalue weighted by Crippen LogP contribution is 2.26. The number of amides is 2. The molecule has 4 aromatic rings. The number of fused-ring (bicyclic) bond motifs is 1. The van der Waals surface area contributed by atoms with Crippen LogP contribution < -0.4 is 21.7 Å². The van der Waals surface area contributed by atoms with Crippen molar-refractivity contribution in [1.29, 1.82) is 0 Å². The third kappa shape index (κ3) is 4.59. The van der Waals surface area contributed by atoms with Crippen LogP contribution in [0.1, 0.15) is 17.3 Å². The summed E-state index contributed by atoms with van der Waals surface area (Å²) in [5.74, 6) is 0.181. The number of para-hydroxylation sites is 2. The van der Waals surface area contributed by atoms with Gasteiger partial charge in [0.2, 0.25) is 5.91 Å². The highest BCUT2D eigenvalue weighted by molar-refractivity contribution is 6.06. The van der Waals surface area contributed by atoms with E-state index in [9.17, 15) is 9.59 Å². The summed E-state index contributed by atoms with van der Waals surface area (Å²) in [6.07, 6.45) is 1.47. The molecule has 1 aromatic heterocycles. The van der Waals surface area contributed by atoms with Crippen LogP contribution in [0.15, 0.2) is 73.1 Å². The molecule has 0 atom stereocenters. The van der Waals surface area contributed by atoms with Gasteiger partial charge in [0.1, 0.15) is 12.1 Å². The van der Waals surface area contributed by atoms with E-state index in [-0.39, 0.29) is 11.8 Å². The van der Waals surface area contributed by atoms with Crippen molar-refractivity contribution in [3.63, 3.8) is 0 Å². The summed E-state index contributed by atoms with van der Waals surface area (Å²) in [5, 5.41) is 9.55. The standard InChI is InChI=1S/C23H20N6O2/c1-14(30)27-17-10-11-20-18(12-17)22(26-13-25-20)28-16-8-6-15(7-9-16)23(31)29-21-5-3-2-4-19(21)24/h2-13H,24H2,1H3,(H,27,30)(H,29,31)(H,25,26,28). The van der Waals surface area contributed by atoms with Crippen molar-refractivity contribution in [3.8, 4) is 0 Å². The lowest BCUT2D eigenvalue weighted by atomic mass is 10.1. The number of nitrogen functional groups attached to an aromatic ring is 1. The van der Waals surface area contributed by atoms with Crippen molar-refractivity contribution in [2.24, 2.45) is 0 Å². The third-order valence-electron chi connectivity index (χ3n) is 4.57. The molecule has 1 heterocycles. The zero-order chi connectivity index (χ0) is 21.8. The third-order valence-corrected chi connectivity index (χ3v) is 4.57. The molecule has 0 bridgehead atoms. The molecule has 8 nitrogen and oxygen atoms in total. The van der Waals surface area contributed by atoms with Crippen LogP contribution in [0.3, 0.4) is 0 Å². The number of carbonyl (C=O) groups excluding carboxylic acids is 2. The summed E-state index contributed by atoms with van der Waals surface area (Å²) in [7, 11) is 0.